The van der Waals surface area contributed by atoms with E-state index in [1.54, 1.807) is 36.4 Å². The summed E-state index contributed by atoms with van der Waals surface area (Å²) in [5.74, 6) is -0.456. The highest BCUT2D eigenvalue weighted by Crippen LogP contribution is 2.45. The third-order valence-corrected chi connectivity index (χ3v) is 7.24. The van der Waals surface area contributed by atoms with E-state index in [2.05, 4.69) is 24.5 Å². The fraction of sp³-hybridized carbons (Fsp3) is 0.219. The van der Waals surface area contributed by atoms with Crippen LogP contribution in [0.15, 0.2) is 71.1 Å². The SMILES string of the molecule is CC[N+](CC)=c1ccc2c(-c3ccccc3C(=O)O)c3c(oc-2c1)C(=Cc1ccc(C(=O)O)cc1)CCC3. The lowest BCUT2D eigenvalue weighted by Crippen LogP contribution is -2.29. The summed E-state index contributed by atoms with van der Waals surface area (Å²) in [6.45, 7) is 5.95. The Kier molecular flexibility index (Phi) is 6.97. The van der Waals surface area contributed by atoms with Crippen molar-refractivity contribution in [2.24, 2.45) is 0 Å². The number of nitrogens with zero attached hydrogens (tertiary/aromatic N) is 1. The molecule has 0 radical (unpaired) electrons. The van der Waals surface area contributed by atoms with Crippen molar-refractivity contribution in [3.8, 4) is 22.5 Å². The first-order valence-electron chi connectivity index (χ1n) is 13.0. The molecule has 2 aromatic rings. The fourth-order valence-corrected chi connectivity index (χ4v) is 5.36. The molecule has 0 amide bonds. The van der Waals surface area contributed by atoms with Gasteiger partial charge < -0.3 is 14.6 Å². The van der Waals surface area contributed by atoms with Crippen LogP contribution >= 0.6 is 0 Å². The predicted molar refractivity (Wildman–Crippen MR) is 148 cm³/mol. The van der Waals surface area contributed by atoms with Crippen molar-refractivity contribution >= 4 is 23.6 Å². The minimum absolute atomic E-state index is 0.239. The van der Waals surface area contributed by atoms with E-state index in [0.29, 0.717) is 11.3 Å². The Morgan fingerprint density at radius 2 is 1.63 bits per heavy atom. The van der Waals surface area contributed by atoms with Crippen LogP contribution in [-0.2, 0) is 6.42 Å². The van der Waals surface area contributed by atoms with Gasteiger partial charge in [0.05, 0.1) is 17.2 Å². The van der Waals surface area contributed by atoms with Gasteiger partial charge in [0.1, 0.15) is 24.6 Å². The highest BCUT2D eigenvalue weighted by Gasteiger charge is 2.28. The Morgan fingerprint density at radius 3 is 2.32 bits per heavy atom. The number of aromatic carboxylic acids is 2. The normalized spacial score (nSPS) is 13.9. The number of hydrogen-bond acceptors (Lipinski definition) is 3. The summed E-state index contributed by atoms with van der Waals surface area (Å²) in [5, 5.41) is 20.3. The average Bonchev–Trinajstić information content (AvgIpc) is 2.93. The quantitative estimate of drug-likeness (QED) is 0.306. The average molecular weight is 509 g/mol. The number of carboxylic acids is 2. The van der Waals surface area contributed by atoms with Gasteiger partial charge in [0.2, 0.25) is 5.36 Å². The van der Waals surface area contributed by atoms with Crippen LogP contribution in [-0.4, -0.2) is 35.2 Å². The first-order chi connectivity index (χ1) is 18.4. The van der Waals surface area contributed by atoms with Crippen LogP contribution < -0.4 is 9.93 Å². The third-order valence-electron chi connectivity index (χ3n) is 7.24. The van der Waals surface area contributed by atoms with Gasteiger partial charge in [-0.05, 0) is 80.2 Å². The third kappa shape index (κ3) is 4.65. The Balaban J connectivity index is 1.81. The number of fused-ring (bicyclic) bond motifs is 2. The van der Waals surface area contributed by atoms with Gasteiger partial charge in [-0.1, -0.05) is 30.3 Å². The molecule has 0 spiro atoms. The predicted octanol–water partition coefficient (Wildman–Crippen LogP) is 6.14. The van der Waals surface area contributed by atoms with Gasteiger partial charge in [-0.2, -0.15) is 0 Å². The number of hydrogen-bond donors (Lipinski definition) is 2. The highest BCUT2D eigenvalue weighted by molar-refractivity contribution is 6.00. The molecule has 0 bridgehead atoms. The molecule has 38 heavy (non-hydrogen) atoms. The molecule has 0 unspecified atom stereocenters. The molecule has 0 saturated carbocycles. The monoisotopic (exact) mass is 508 g/mol. The Morgan fingerprint density at radius 1 is 0.895 bits per heavy atom. The molecule has 0 atom stereocenters. The van der Waals surface area contributed by atoms with Gasteiger partial charge in [-0.15, -0.1) is 0 Å². The van der Waals surface area contributed by atoms with Gasteiger partial charge >= 0.3 is 11.9 Å². The van der Waals surface area contributed by atoms with E-state index < -0.39 is 11.9 Å². The van der Waals surface area contributed by atoms with Gasteiger partial charge in [0.25, 0.3) is 0 Å². The van der Waals surface area contributed by atoms with Crippen molar-refractivity contribution in [1.82, 2.24) is 4.58 Å². The first kappa shape index (κ1) is 25.2. The molecule has 2 aromatic carbocycles. The van der Waals surface area contributed by atoms with E-state index >= 15 is 0 Å². The van der Waals surface area contributed by atoms with Crippen LogP contribution in [0.25, 0.3) is 34.1 Å². The molecule has 5 rings (SSSR count). The molecule has 3 aliphatic rings. The van der Waals surface area contributed by atoms with Crippen LogP contribution in [0.1, 0.15) is 64.3 Å². The second-order valence-corrected chi connectivity index (χ2v) is 9.44. The van der Waals surface area contributed by atoms with Crippen molar-refractivity contribution in [1.29, 1.82) is 0 Å². The summed E-state index contributed by atoms with van der Waals surface area (Å²) in [7, 11) is 0. The zero-order chi connectivity index (χ0) is 26.8. The van der Waals surface area contributed by atoms with Gasteiger partial charge in [0.15, 0.2) is 0 Å². The summed E-state index contributed by atoms with van der Waals surface area (Å²) >= 11 is 0. The summed E-state index contributed by atoms with van der Waals surface area (Å²) in [5.41, 5.74) is 5.87. The number of carboxylic acid groups (broad SMARTS) is 2. The van der Waals surface area contributed by atoms with Crippen molar-refractivity contribution in [3.05, 3.63) is 100 Å². The lowest BCUT2D eigenvalue weighted by molar-refractivity contribution is 0.0686. The minimum Gasteiger partial charge on any atom is -0.478 e. The van der Waals surface area contributed by atoms with Crippen LogP contribution in [0.3, 0.4) is 0 Å². The minimum atomic E-state index is -0.965. The van der Waals surface area contributed by atoms with E-state index in [0.717, 1.165) is 71.3 Å². The van der Waals surface area contributed by atoms with E-state index in [-0.39, 0.29) is 11.1 Å². The molecule has 6 nitrogen and oxygen atoms in total. The van der Waals surface area contributed by atoms with Gasteiger partial charge in [-0.25, -0.2) is 14.2 Å². The maximum Gasteiger partial charge on any atom is 0.336 e. The summed E-state index contributed by atoms with van der Waals surface area (Å²) < 4.78 is 8.89. The lowest BCUT2D eigenvalue weighted by atomic mass is 9.82. The van der Waals surface area contributed by atoms with E-state index in [1.165, 1.54) is 0 Å². The van der Waals surface area contributed by atoms with Crippen molar-refractivity contribution in [3.63, 3.8) is 0 Å². The van der Waals surface area contributed by atoms with Crippen LogP contribution in [0.5, 0.6) is 0 Å². The number of allylic oxidation sites excluding steroid dienone is 1. The molecule has 0 aromatic heterocycles. The molecule has 2 aliphatic carbocycles. The Hall–Kier alpha value is -4.45. The lowest BCUT2D eigenvalue weighted by Gasteiger charge is -2.25. The molecular weight excluding hydrogens is 478 g/mol. The van der Waals surface area contributed by atoms with Gasteiger partial charge in [0, 0.05) is 22.8 Å². The molecule has 192 valence electrons. The second kappa shape index (κ2) is 10.5. The molecule has 0 saturated heterocycles. The van der Waals surface area contributed by atoms with E-state index in [9.17, 15) is 19.8 Å². The molecule has 6 heteroatoms. The number of benzene rings is 3. The molecule has 1 heterocycles. The maximum atomic E-state index is 12.2. The van der Waals surface area contributed by atoms with Crippen molar-refractivity contribution in [2.75, 3.05) is 13.1 Å². The highest BCUT2D eigenvalue weighted by atomic mass is 16.4. The van der Waals surface area contributed by atoms with Crippen LogP contribution in [0.4, 0.5) is 0 Å². The zero-order valence-electron chi connectivity index (χ0n) is 21.5. The van der Waals surface area contributed by atoms with Gasteiger partial charge in [-0.3, -0.25) is 0 Å². The fourth-order valence-electron chi connectivity index (χ4n) is 5.36. The second-order valence-electron chi connectivity index (χ2n) is 9.44. The molecular formula is C32H30NO5+. The number of rotatable bonds is 6. The maximum absolute atomic E-state index is 12.2. The topological polar surface area (TPSA) is 90.8 Å². The van der Waals surface area contributed by atoms with Crippen LogP contribution in [0.2, 0.25) is 0 Å². The smallest absolute Gasteiger partial charge is 0.336 e. The first-order valence-corrected chi connectivity index (χ1v) is 13.0. The molecule has 2 N–H and O–H groups in total. The largest absolute Gasteiger partial charge is 0.478 e. The molecule has 1 aliphatic heterocycles. The standard InChI is InChI=1S/C32H29NO5/c1-3-33(4-2)23-16-17-26-28(19-23)38-30-22(18-20-12-14-21(15-13-20)31(34)35)8-7-11-27(30)29(26)24-9-5-6-10-25(24)32(36)37/h5-6,9-10,12-19H,3-4,7-8,11H2,1-2H3,(H-,34,35,36,37)/p+1. The number of carbonyl (C=O) groups is 2. The van der Waals surface area contributed by atoms with E-state index in [1.807, 2.05) is 30.3 Å². The Labute approximate surface area is 221 Å². The van der Waals surface area contributed by atoms with Crippen molar-refractivity contribution in [2.45, 2.75) is 33.1 Å². The Bertz CT molecular complexity index is 1600. The van der Waals surface area contributed by atoms with Crippen LogP contribution in [0, 0.1) is 0 Å². The molecule has 0 fully saturated rings. The van der Waals surface area contributed by atoms with Crippen molar-refractivity contribution < 1.29 is 24.2 Å². The zero-order valence-corrected chi connectivity index (χ0v) is 21.5. The summed E-state index contributed by atoms with van der Waals surface area (Å²) in [4.78, 5) is 23.5. The summed E-state index contributed by atoms with van der Waals surface area (Å²) in [6.07, 6.45) is 4.51. The summed E-state index contributed by atoms with van der Waals surface area (Å²) in [6, 6.07) is 20.1. The van der Waals surface area contributed by atoms with E-state index in [4.69, 9.17) is 4.42 Å².